The summed E-state index contributed by atoms with van der Waals surface area (Å²) in [6.45, 7) is 6.32. The Morgan fingerprint density at radius 1 is 1.19 bits per heavy atom. The number of ether oxygens (including phenoxy) is 2. The number of rotatable bonds is 6. The molecule has 0 radical (unpaired) electrons. The van der Waals surface area contributed by atoms with Crippen LogP contribution in [0.5, 0.6) is 5.75 Å². The topological polar surface area (TPSA) is 84.5 Å². The molecule has 0 spiro atoms. The first-order chi connectivity index (χ1) is 12.8. The summed E-state index contributed by atoms with van der Waals surface area (Å²) in [7, 11) is 1.64. The van der Waals surface area contributed by atoms with Gasteiger partial charge in [0.15, 0.2) is 10.2 Å². The first-order valence-electron chi connectivity index (χ1n) is 8.38. The zero-order chi connectivity index (χ0) is 19.9. The molecule has 0 aliphatic carbocycles. The van der Waals surface area contributed by atoms with Gasteiger partial charge < -0.3 is 25.4 Å². The largest absolute Gasteiger partial charge is 0.497 e. The Balaban J connectivity index is 1.74. The average molecular weight is 409 g/mol. The van der Waals surface area contributed by atoms with Gasteiger partial charge in [-0.05, 0) is 57.3 Å². The maximum atomic E-state index is 11.5. The zero-order valence-corrected chi connectivity index (χ0v) is 17.4. The van der Waals surface area contributed by atoms with Crippen molar-refractivity contribution < 1.29 is 14.3 Å². The van der Waals surface area contributed by atoms with E-state index in [0.717, 1.165) is 17.0 Å². The minimum Gasteiger partial charge on any atom is -0.497 e. The van der Waals surface area contributed by atoms with E-state index < -0.39 is 11.7 Å². The van der Waals surface area contributed by atoms with E-state index in [1.165, 1.54) is 11.3 Å². The number of anilines is 1. The predicted octanol–water partition coefficient (Wildman–Crippen LogP) is 3.63. The van der Waals surface area contributed by atoms with Gasteiger partial charge in [-0.1, -0.05) is 0 Å². The zero-order valence-electron chi connectivity index (χ0n) is 15.8. The Kier molecular flexibility index (Phi) is 7.37. The highest BCUT2D eigenvalue weighted by molar-refractivity contribution is 7.80. The fraction of sp³-hybridized carbons (Fsp3) is 0.389. The van der Waals surface area contributed by atoms with E-state index in [4.69, 9.17) is 21.7 Å². The van der Waals surface area contributed by atoms with Gasteiger partial charge in [-0.3, -0.25) is 0 Å². The molecule has 7 nitrogen and oxygen atoms in total. The van der Waals surface area contributed by atoms with Gasteiger partial charge in [0.2, 0.25) is 0 Å². The van der Waals surface area contributed by atoms with Crippen molar-refractivity contribution in [2.45, 2.75) is 26.4 Å². The minimum absolute atomic E-state index is 0.395. The van der Waals surface area contributed by atoms with Gasteiger partial charge in [0.05, 0.1) is 12.8 Å². The van der Waals surface area contributed by atoms with Crippen LogP contribution in [-0.4, -0.2) is 42.0 Å². The molecule has 1 aromatic heterocycles. The van der Waals surface area contributed by atoms with Crippen LogP contribution in [0.1, 0.15) is 20.8 Å². The number of nitrogens with zero attached hydrogens (tertiary/aromatic N) is 1. The highest BCUT2D eigenvalue weighted by Gasteiger charge is 2.15. The van der Waals surface area contributed by atoms with Crippen LogP contribution in [0.25, 0.3) is 11.3 Å². The second-order valence-corrected chi connectivity index (χ2v) is 7.84. The number of carbonyl (C=O) groups excluding carboxylic acids is 1. The molecular formula is C18H24N4O3S2. The number of methoxy groups -OCH3 is 1. The van der Waals surface area contributed by atoms with Crippen LogP contribution >= 0.6 is 23.6 Å². The Bertz CT molecular complexity index is 770. The van der Waals surface area contributed by atoms with Gasteiger partial charge in [-0.2, -0.15) is 0 Å². The van der Waals surface area contributed by atoms with Gasteiger partial charge in [-0.15, -0.1) is 11.3 Å². The van der Waals surface area contributed by atoms with E-state index in [1.54, 1.807) is 7.11 Å². The molecule has 0 aliphatic heterocycles. The number of thiocarbonyl (C=S) groups is 1. The molecule has 0 atom stereocenters. The fourth-order valence-electron chi connectivity index (χ4n) is 2.02. The van der Waals surface area contributed by atoms with Gasteiger partial charge in [0.25, 0.3) is 0 Å². The van der Waals surface area contributed by atoms with E-state index in [-0.39, 0.29) is 0 Å². The molecule has 3 N–H and O–H groups in total. The second kappa shape index (κ2) is 9.52. The predicted molar refractivity (Wildman–Crippen MR) is 113 cm³/mol. The summed E-state index contributed by atoms with van der Waals surface area (Å²) in [5, 5.41) is 11.8. The summed E-state index contributed by atoms with van der Waals surface area (Å²) in [5.41, 5.74) is 1.35. The number of thiazole rings is 1. The molecule has 1 amide bonds. The van der Waals surface area contributed by atoms with Gasteiger partial charge in [0.1, 0.15) is 11.4 Å². The van der Waals surface area contributed by atoms with Crippen molar-refractivity contribution in [1.82, 2.24) is 15.6 Å². The van der Waals surface area contributed by atoms with Crippen LogP contribution in [-0.2, 0) is 4.74 Å². The van der Waals surface area contributed by atoms with E-state index in [0.29, 0.717) is 23.3 Å². The quantitative estimate of drug-likeness (QED) is 0.497. The van der Waals surface area contributed by atoms with Crippen molar-refractivity contribution in [3.05, 3.63) is 29.6 Å². The second-order valence-electron chi connectivity index (χ2n) is 6.58. The minimum atomic E-state index is -0.513. The molecule has 0 unspecified atom stereocenters. The lowest BCUT2D eigenvalue weighted by atomic mass is 10.2. The van der Waals surface area contributed by atoms with Crippen molar-refractivity contribution in [1.29, 1.82) is 0 Å². The number of amides is 1. The Morgan fingerprint density at radius 2 is 1.85 bits per heavy atom. The van der Waals surface area contributed by atoms with Gasteiger partial charge in [-0.25, -0.2) is 9.78 Å². The molecule has 9 heteroatoms. The van der Waals surface area contributed by atoms with Gasteiger partial charge >= 0.3 is 6.09 Å². The van der Waals surface area contributed by atoms with Crippen molar-refractivity contribution in [2.24, 2.45) is 0 Å². The molecular weight excluding hydrogens is 384 g/mol. The van der Waals surface area contributed by atoms with E-state index in [9.17, 15) is 4.79 Å². The molecule has 0 fully saturated rings. The lowest BCUT2D eigenvalue weighted by molar-refractivity contribution is 0.0529. The van der Waals surface area contributed by atoms with Crippen LogP contribution in [0.4, 0.5) is 9.93 Å². The summed E-state index contributed by atoms with van der Waals surface area (Å²) in [4.78, 5) is 16.1. The summed E-state index contributed by atoms with van der Waals surface area (Å²) in [6.07, 6.45) is -0.452. The Morgan fingerprint density at radius 3 is 2.48 bits per heavy atom. The molecule has 1 aromatic carbocycles. The molecule has 2 aromatic rings. The monoisotopic (exact) mass is 408 g/mol. The number of carbonyl (C=O) groups is 1. The van der Waals surface area contributed by atoms with Crippen LogP contribution in [0, 0.1) is 0 Å². The number of benzene rings is 1. The summed E-state index contributed by atoms with van der Waals surface area (Å²) in [5.74, 6) is 0.803. The van der Waals surface area contributed by atoms with Crippen molar-refractivity contribution in [3.63, 3.8) is 0 Å². The normalized spacial score (nSPS) is 10.8. The highest BCUT2D eigenvalue weighted by Crippen LogP contribution is 2.26. The smallest absolute Gasteiger partial charge is 0.407 e. The maximum absolute atomic E-state index is 11.5. The molecule has 0 saturated heterocycles. The lowest BCUT2D eigenvalue weighted by Gasteiger charge is -2.19. The number of hydrogen-bond acceptors (Lipinski definition) is 6. The summed E-state index contributed by atoms with van der Waals surface area (Å²) >= 11 is 6.71. The number of nitrogens with one attached hydrogen (secondary N) is 3. The van der Waals surface area contributed by atoms with Crippen molar-refractivity contribution >= 4 is 39.9 Å². The molecule has 1 heterocycles. The number of aromatic nitrogens is 1. The van der Waals surface area contributed by atoms with Crippen molar-refractivity contribution in [3.8, 4) is 17.0 Å². The third-order valence-corrected chi connectivity index (χ3v) is 4.19. The summed E-state index contributed by atoms with van der Waals surface area (Å²) in [6, 6.07) is 7.70. The fourth-order valence-corrected chi connectivity index (χ4v) is 3.01. The number of hydrogen-bond donors (Lipinski definition) is 3. The average Bonchev–Trinajstić information content (AvgIpc) is 3.05. The van der Waals surface area contributed by atoms with E-state index in [1.807, 2.05) is 50.4 Å². The molecule has 0 aliphatic rings. The van der Waals surface area contributed by atoms with E-state index >= 15 is 0 Å². The highest BCUT2D eigenvalue weighted by atomic mass is 32.1. The van der Waals surface area contributed by atoms with E-state index in [2.05, 4.69) is 20.9 Å². The molecule has 27 heavy (non-hydrogen) atoms. The molecule has 0 bridgehead atoms. The maximum Gasteiger partial charge on any atom is 0.407 e. The standard InChI is InChI=1S/C18H24N4O3S2/c1-18(2,3)25-17(23)20-10-9-19-15(26)22-16-21-14(11-27-16)12-5-7-13(24-4)8-6-12/h5-8,11H,9-10H2,1-4H3,(H,20,23)(H2,19,21,22,26). The van der Waals surface area contributed by atoms with Crippen molar-refractivity contribution in [2.75, 3.05) is 25.5 Å². The first kappa shape index (κ1) is 20.9. The van der Waals surface area contributed by atoms with Crippen LogP contribution in [0.15, 0.2) is 29.6 Å². The van der Waals surface area contributed by atoms with Crippen LogP contribution in [0.2, 0.25) is 0 Å². The van der Waals surface area contributed by atoms with Crippen LogP contribution in [0.3, 0.4) is 0 Å². The Labute approximate surface area is 168 Å². The summed E-state index contributed by atoms with van der Waals surface area (Å²) < 4.78 is 10.3. The third-order valence-electron chi connectivity index (χ3n) is 3.19. The lowest BCUT2D eigenvalue weighted by Crippen LogP contribution is -2.39. The SMILES string of the molecule is COc1ccc(-c2csc(NC(=S)NCCNC(=O)OC(C)(C)C)n2)cc1. The molecule has 146 valence electrons. The molecule has 2 rings (SSSR count). The van der Waals surface area contributed by atoms with Crippen LogP contribution < -0.4 is 20.7 Å². The third kappa shape index (κ3) is 7.40. The first-order valence-corrected chi connectivity index (χ1v) is 9.67. The Hall–Kier alpha value is -2.39. The molecule has 0 saturated carbocycles. The van der Waals surface area contributed by atoms with Gasteiger partial charge in [0, 0.05) is 24.0 Å². The number of alkyl carbamates (subject to hydrolysis) is 1.